The van der Waals surface area contributed by atoms with E-state index in [0.29, 0.717) is 6.42 Å². The zero-order chi connectivity index (χ0) is 11.8. The monoisotopic (exact) mass is 221 g/mol. The summed E-state index contributed by atoms with van der Waals surface area (Å²) in [5.74, 6) is -1.07. The van der Waals surface area contributed by atoms with Gasteiger partial charge in [0.25, 0.3) is 0 Å². The summed E-state index contributed by atoms with van der Waals surface area (Å²) in [6.07, 6.45) is -0.292. The number of aliphatic hydroxyl groups excluding tert-OH is 2. The fraction of sp³-hybridized carbons (Fsp3) is 0.889. The Morgan fingerprint density at radius 1 is 1.53 bits per heavy atom. The van der Waals surface area contributed by atoms with E-state index in [2.05, 4.69) is 5.48 Å². The molecule has 0 aliphatic carbocycles. The second kappa shape index (κ2) is 7.58. The van der Waals surface area contributed by atoms with Gasteiger partial charge in [0.15, 0.2) is 0 Å². The summed E-state index contributed by atoms with van der Waals surface area (Å²) in [7, 11) is 0. The number of hydrogen-bond donors (Lipinski definition) is 4. The molecule has 0 aromatic rings. The fourth-order valence-corrected chi connectivity index (χ4v) is 0.932. The summed E-state index contributed by atoms with van der Waals surface area (Å²) >= 11 is 0. The standard InChI is InChI=1S/C9H19NO5/c1-3-6(2)8(9(13)14)10-15-5-7(12)4-11/h6-8,10-12H,3-5H2,1-2H3,(H,13,14)/t6-,7?,8-/m0/s1. The summed E-state index contributed by atoms with van der Waals surface area (Å²) in [6, 6.07) is -0.805. The molecule has 0 aliphatic heterocycles. The molecule has 0 radical (unpaired) electrons. The van der Waals surface area contributed by atoms with Crippen LogP contribution in [-0.4, -0.2) is 46.6 Å². The van der Waals surface area contributed by atoms with E-state index in [1.807, 2.05) is 6.92 Å². The number of aliphatic hydroxyl groups is 2. The highest BCUT2D eigenvalue weighted by molar-refractivity contribution is 5.73. The quantitative estimate of drug-likeness (QED) is 0.407. The van der Waals surface area contributed by atoms with E-state index in [9.17, 15) is 4.79 Å². The Morgan fingerprint density at radius 3 is 2.53 bits per heavy atom. The molecular weight excluding hydrogens is 202 g/mol. The van der Waals surface area contributed by atoms with Crippen molar-refractivity contribution >= 4 is 5.97 Å². The molecule has 90 valence electrons. The first kappa shape index (κ1) is 14.3. The number of hydrogen-bond acceptors (Lipinski definition) is 5. The van der Waals surface area contributed by atoms with Gasteiger partial charge in [0.05, 0.1) is 13.2 Å². The lowest BCUT2D eigenvalue weighted by molar-refractivity contribution is -0.148. The van der Waals surface area contributed by atoms with Gasteiger partial charge in [-0.1, -0.05) is 20.3 Å². The SMILES string of the molecule is CC[C@H](C)[C@H](NOCC(O)CO)C(=O)O. The van der Waals surface area contributed by atoms with Gasteiger partial charge in [-0.3, -0.25) is 9.63 Å². The van der Waals surface area contributed by atoms with E-state index < -0.39 is 24.7 Å². The molecule has 6 heteroatoms. The van der Waals surface area contributed by atoms with Crippen molar-refractivity contribution in [3.63, 3.8) is 0 Å². The summed E-state index contributed by atoms with van der Waals surface area (Å²) < 4.78 is 0. The number of carboxylic acid groups (broad SMARTS) is 1. The molecule has 0 spiro atoms. The molecule has 0 saturated carbocycles. The van der Waals surface area contributed by atoms with Gasteiger partial charge in [0.1, 0.15) is 12.1 Å². The maximum atomic E-state index is 10.8. The lowest BCUT2D eigenvalue weighted by atomic mass is 10.0. The Bertz CT molecular complexity index is 187. The van der Waals surface area contributed by atoms with E-state index in [0.717, 1.165) is 0 Å². The average molecular weight is 221 g/mol. The number of aliphatic carboxylic acids is 1. The van der Waals surface area contributed by atoms with Gasteiger partial charge in [-0.15, -0.1) is 0 Å². The van der Waals surface area contributed by atoms with Crippen molar-refractivity contribution in [2.45, 2.75) is 32.4 Å². The van der Waals surface area contributed by atoms with Crippen LogP contribution in [0.25, 0.3) is 0 Å². The van der Waals surface area contributed by atoms with Crippen molar-refractivity contribution in [3.05, 3.63) is 0 Å². The topological polar surface area (TPSA) is 99.0 Å². The molecule has 0 fully saturated rings. The first-order chi connectivity index (χ1) is 7.02. The van der Waals surface area contributed by atoms with Crippen LogP contribution >= 0.6 is 0 Å². The average Bonchev–Trinajstić information content (AvgIpc) is 2.22. The van der Waals surface area contributed by atoms with Crippen molar-refractivity contribution in [2.24, 2.45) is 5.92 Å². The predicted octanol–water partition coefficient (Wildman–Crippen LogP) is -0.640. The van der Waals surface area contributed by atoms with Gasteiger partial charge in [-0.05, 0) is 5.92 Å². The van der Waals surface area contributed by atoms with Crippen molar-refractivity contribution in [3.8, 4) is 0 Å². The van der Waals surface area contributed by atoms with E-state index in [1.54, 1.807) is 6.92 Å². The molecule has 15 heavy (non-hydrogen) atoms. The normalized spacial score (nSPS) is 17.1. The highest BCUT2D eigenvalue weighted by Gasteiger charge is 2.23. The van der Waals surface area contributed by atoms with Crippen molar-refractivity contribution in [2.75, 3.05) is 13.2 Å². The van der Waals surface area contributed by atoms with E-state index in [4.69, 9.17) is 20.2 Å². The van der Waals surface area contributed by atoms with Crippen LogP contribution < -0.4 is 5.48 Å². The Balaban J connectivity index is 3.92. The van der Waals surface area contributed by atoms with Crippen molar-refractivity contribution < 1.29 is 25.0 Å². The number of carbonyl (C=O) groups is 1. The van der Waals surface area contributed by atoms with Crippen LogP contribution in [0.15, 0.2) is 0 Å². The molecule has 6 nitrogen and oxygen atoms in total. The van der Waals surface area contributed by atoms with Gasteiger partial charge < -0.3 is 15.3 Å². The van der Waals surface area contributed by atoms with Crippen LogP contribution in [0.4, 0.5) is 0 Å². The minimum absolute atomic E-state index is 0.0752. The molecule has 0 saturated heterocycles. The lowest BCUT2D eigenvalue weighted by Crippen LogP contribution is -2.43. The van der Waals surface area contributed by atoms with E-state index in [1.165, 1.54) is 0 Å². The van der Waals surface area contributed by atoms with Crippen LogP contribution in [0.1, 0.15) is 20.3 Å². The maximum absolute atomic E-state index is 10.8. The third kappa shape index (κ3) is 5.68. The largest absolute Gasteiger partial charge is 0.480 e. The molecule has 0 aromatic carbocycles. The first-order valence-corrected chi connectivity index (χ1v) is 4.91. The van der Waals surface area contributed by atoms with Gasteiger partial charge in [0, 0.05) is 0 Å². The highest BCUT2D eigenvalue weighted by Crippen LogP contribution is 2.07. The summed E-state index contributed by atoms with van der Waals surface area (Å²) in [6.45, 7) is 3.11. The van der Waals surface area contributed by atoms with Gasteiger partial charge in [-0.25, -0.2) is 0 Å². The maximum Gasteiger partial charge on any atom is 0.323 e. The van der Waals surface area contributed by atoms with Crippen LogP contribution in [0.5, 0.6) is 0 Å². The second-order valence-electron chi connectivity index (χ2n) is 3.47. The number of rotatable bonds is 8. The Kier molecular flexibility index (Phi) is 7.23. The molecule has 3 atom stereocenters. The molecule has 4 N–H and O–H groups in total. The molecule has 0 aromatic heterocycles. The van der Waals surface area contributed by atoms with E-state index in [-0.39, 0.29) is 12.5 Å². The first-order valence-electron chi connectivity index (χ1n) is 4.91. The smallest absolute Gasteiger partial charge is 0.323 e. The second-order valence-corrected chi connectivity index (χ2v) is 3.47. The minimum atomic E-state index is -0.997. The predicted molar refractivity (Wildman–Crippen MR) is 53.1 cm³/mol. The number of hydroxylamine groups is 1. The number of nitrogens with one attached hydrogen (secondary N) is 1. The summed E-state index contributed by atoms with van der Waals surface area (Å²) in [4.78, 5) is 15.6. The highest BCUT2D eigenvalue weighted by atomic mass is 16.7. The van der Waals surface area contributed by atoms with Gasteiger partial charge >= 0.3 is 5.97 Å². The zero-order valence-electron chi connectivity index (χ0n) is 9.01. The zero-order valence-corrected chi connectivity index (χ0v) is 9.01. The molecule has 0 amide bonds. The van der Waals surface area contributed by atoms with Gasteiger partial charge in [-0.2, -0.15) is 5.48 Å². The molecule has 0 bridgehead atoms. The minimum Gasteiger partial charge on any atom is -0.480 e. The number of carboxylic acids is 1. The molecular formula is C9H19NO5. The third-order valence-electron chi connectivity index (χ3n) is 2.18. The van der Waals surface area contributed by atoms with Crippen LogP contribution in [-0.2, 0) is 9.63 Å². The van der Waals surface area contributed by atoms with Crippen LogP contribution in [0.3, 0.4) is 0 Å². The Morgan fingerprint density at radius 2 is 2.13 bits per heavy atom. The Labute approximate surface area is 88.8 Å². The van der Waals surface area contributed by atoms with Crippen LogP contribution in [0.2, 0.25) is 0 Å². The lowest BCUT2D eigenvalue weighted by Gasteiger charge is -2.20. The van der Waals surface area contributed by atoms with E-state index >= 15 is 0 Å². The van der Waals surface area contributed by atoms with Crippen molar-refractivity contribution in [1.29, 1.82) is 0 Å². The third-order valence-corrected chi connectivity index (χ3v) is 2.18. The van der Waals surface area contributed by atoms with Crippen molar-refractivity contribution in [1.82, 2.24) is 5.48 Å². The summed E-state index contributed by atoms with van der Waals surface area (Å²) in [5, 5.41) is 26.3. The molecule has 0 heterocycles. The fourth-order valence-electron chi connectivity index (χ4n) is 0.932. The molecule has 0 aliphatic rings. The molecule has 1 unspecified atom stereocenters. The van der Waals surface area contributed by atoms with Crippen LogP contribution in [0, 0.1) is 5.92 Å². The summed E-state index contributed by atoms with van der Waals surface area (Å²) in [5.41, 5.74) is 2.36. The molecule has 0 rings (SSSR count). The van der Waals surface area contributed by atoms with Gasteiger partial charge in [0.2, 0.25) is 0 Å². The Hall–Kier alpha value is -0.690.